The summed E-state index contributed by atoms with van der Waals surface area (Å²) in [6.45, 7) is 3.80. The Kier molecular flexibility index (Phi) is 4.09. The van der Waals surface area contributed by atoms with Crippen molar-refractivity contribution in [2.24, 2.45) is 7.05 Å². The van der Waals surface area contributed by atoms with E-state index in [4.69, 9.17) is 0 Å². The van der Waals surface area contributed by atoms with Crippen LogP contribution in [0.1, 0.15) is 28.9 Å². The molecule has 1 aliphatic rings. The Morgan fingerprint density at radius 2 is 2.23 bits per heavy atom. The van der Waals surface area contributed by atoms with E-state index in [1.165, 1.54) is 0 Å². The Morgan fingerprint density at radius 1 is 1.36 bits per heavy atom. The molecule has 1 unspecified atom stereocenters. The van der Waals surface area contributed by atoms with Crippen LogP contribution >= 0.6 is 0 Å². The van der Waals surface area contributed by atoms with Crippen molar-refractivity contribution >= 4 is 11.7 Å². The largest absolute Gasteiger partial charge is 0.355 e. The van der Waals surface area contributed by atoms with Crippen LogP contribution in [0.4, 0.5) is 5.82 Å². The summed E-state index contributed by atoms with van der Waals surface area (Å²) in [5.41, 5.74) is 1.62. The third-order valence-electron chi connectivity index (χ3n) is 3.92. The van der Waals surface area contributed by atoms with Gasteiger partial charge in [-0.1, -0.05) is 6.07 Å². The number of pyridine rings is 1. The Morgan fingerprint density at radius 3 is 2.91 bits per heavy atom. The van der Waals surface area contributed by atoms with Gasteiger partial charge in [0, 0.05) is 38.6 Å². The number of hydrogen-bond donors (Lipinski definition) is 1. The highest BCUT2D eigenvalue weighted by atomic mass is 16.2. The van der Waals surface area contributed by atoms with Gasteiger partial charge in [0.2, 0.25) is 0 Å². The molecule has 0 aromatic carbocycles. The highest BCUT2D eigenvalue weighted by molar-refractivity contribution is 5.92. The normalized spacial score (nSPS) is 18.3. The quantitative estimate of drug-likeness (QED) is 0.933. The number of carbonyl (C=O) groups is 1. The molecule has 0 aliphatic carbocycles. The van der Waals surface area contributed by atoms with E-state index in [1.54, 1.807) is 16.9 Å². The average molecular weight is 299 g/mol. The molecule has 22 heavy (non-hydrogen) atoms. The second-order valence-corrected chi connectivity index (χ2v) is 5.83. The summed E-state index contributed by atoms with van der Waals surface area (Å²) in [7, 11) is 1.81. The van der Waals surface area contributed by atoms with E-state index in [0.717, 1.165) is 37.3 Å². The minimum Gasteiger partial charge on any atom is -0.355 e. The summed E-state index contributed by atoms with van der Waals surface area (Å²) in [6, 6.07) is 5.97. The highest BCUT2D eigenvalue weighted by Crippen LogP contribution is 2.18. The van der Waals surface area contributed by atoms with Crippen LogP contribution in [0.3, 0.4) is 0 Å². The summed E-state index contributed by atoms with van der Waals surface area (Å²) in [4.78, 5) is 18.9. The lowest BCUT2D eigenvalue weighted by Gasteiger charge is -2.33. The topological polar surface area (TPSA) is 63.1 Å². The van der Waals surface area contributed by atoms with Crippen molar-refractivity contribution < 1.29 is 4.79 Å². The number of carbonyl (C=O) groups excluding carboxylic acids is 1. The number of piperidine rings is 1. The van der Waals surface area contributed by atoms with Gasteiger partial charge in [0.25, 0.3) is 5.91 Å². The van der Waals surface area contributed by atoms with Crippen LogP contribution in [0, 0.1) is 6.92 Å². The van der Waals surface area contributed by atoms with E-state index in [2.05, 4.69) is 26.4 Å². The molecule has 3 heterocycles. The van der Waals surface area contributed by atoms with Crippen LogP contribution in [0.2, 0.25) is 0 Å². The summed E-state index contributed by atoms with van der Waals surface area (Å²) in [6.07, 6.45) is 5.69. The highest BCUT2D eigenvalue weighted by Gasteiger charge is 2.23. The van der Waals surface area contributed by atoms with Crippen molar-refractivity contribution in [3.8, 4) is 0 Å². The predicted octanol–water partition coefficient (Wildman–Crippen LogP) is 1.52. The molecule has 0 bridgehead atoms. The summed E-state index contributed by atoms with van der Waals surface area (Å²) in [5.74, 6) is 0.867. The molecule has 0 spiro atoms. The van der Waals surface area contributed by atoms with E-state index in [-0.39, 0.29) is 11.9 Å². The number of anilines is 1. The lowest BCUT2D eigenvalue weighted by atomic mass is 10.1. The van der Waals surface area contributed by atoms with Crippen molar-refractivity contribution in [2.45, 2.75) is 25.8 Å². The molecule has 6 heteroatoms. The first-order valence-electron chi connectivity index (χ1n) is 7.60. The van der Waals surface area contributed by atoms with Gasteiger partial charge in [0.1, 0.15) is 11.5 Å². The van der Waals surface area contributed by atoms with E-state index in [0.29, 0.717) is 5.69 Å². The first-order chi connectivity index (χ1) is 10.6. The zero-order valence-electron chi connectivity index (χ0n) is 13.0. The fourth-order valence-electron chi connectivity index (χ4n) is 2.75. The molecular formula is C16H21N5O. The maximum atomic E-state index is 12.2. The smallest absolute Gasteiger partial charge is 0.272 e. The predicted molar refractivity (Wildman–Crippen MR) is 84.9 cm³/mol. The van der Waals surface area contributed by atoms with Crippen LogP contribution in [0.5, 0.6) is 0 Å². The van der Waals surface area contributed by atoms with Gasteiger partial charge in [-0.15, -0.1) is 0 Å². The van der Waals surface area contributed by atoms with Gasteiger partial charge >= 0.3 is 0 Å². The molecule has 1 atom stereocenters. The Hall–Kier alpha value is -2.37. The number of aryl methyl sites for hydroxylation is 2. The number of aromatic nitrogens is 3. The maximum absolute atomic E-state index is 12.2. The first-order valence-corrected chi connectivity index (χ1v) is 7.60. The van der Waals surface area contributed by atoms with E-state index in [1.807, 2.05) is 26.2 Å². The van der Waals surface area contributed by atoms with E-state index in [9.17, 15) is 4.79 Å². The number of amides is 1. The maximum Gasteiger partial charge on any atom is 0.272 e. The minimum absolute atomic E-state index is 0.107. The molecular weight excluding hydrogens is 278 g/mol. The Balaban J connectivity index is 1.63. The lowest BCUT2D eigenvalue weighted by molar-refractivity contribution is 0.0927. The molecule has 1 amide bonds. The van der Waals surface area contributed by atoms with Crippen molar-refractivity contribution in [1.29, 1.82) is 0 Å². The SMILES string of the molecule is Cc1ccc(N2CCCC(NC(=O)c3ccn(C)n3)C2)nc1. The third kappa shape index (κ3) is 3.27. The molecule has 116 valence electrons. The van der Waals surface area contributed by atoms with Crippen molar-refractivity contribution in [3.05, 3.63) is 41.9 Å². The van der Waals surface area contributed by atoms with Gasteiger partial charge in [-0.2, -0.15) is 5.10 Å². The molecule has 3 rings (SSSR count). The standard InChI is InChI=1S/C16H21N5O/c1-12-5-6-15(17-10-12)21-8-3-4-13(11-21)18-16(22)14-7-9-20(2)19-14/h5-7,9-10,13H,3-4,8,11H2,1-2H3,(H,18,22). The summed E-state index contributed by atoms with van der Waals surface area (Å²) in [5, 5.41) is 7.22. The van der Waals surface area contributed by atoms with Crippen LogP contribution in [0.25, 0.3) is 0 Å². The number of nitrogens with zero attached hydrogens (tertiary/aromatic N) is 4. The van der Waals surface area contributed by atoms with Crippen LogP contribution in [-0.4, -0.2) is 39.8 Å². The molecule has 1 aliphatic heterocycles. The van der Waals surface area contributed by atoms with E-state index >= 15 is 0 Å². The number of hydrogen-bond acceptors (Lipinski definition) is 4. The molecule has 6 nitrogen and oxygen atoms in total. The second-order valence-electron chi connectivity index (χ2n) is 5.83. The molecule has 2 aromatic rings. The van der Waals surface area contributed by atoms with Crippen LogP contribution in [0.15, 0.2) is 30.6 Å². The molecule has 1 fully saturated rings. The summed E-state index contributed by atoms with van der Waals surface area (Å²) < 4.78 is 1.64. The van der Waals surface area contributed by atoms with Crippen molar-refractivity contribution in [3.63, 3.8) is 0 Å². The van der Waals surface area contributed by atoms with Gasteiger partial charge in [-0.05, 0) is 37.5 Å². The fourth-order valence-corrected chi connectivity index (χ4v) is 2.75. The number of rotatable bonds is 3. The zero-order chi connectivity index (χ0) is 15.5. The van der Waals surface area contributed by atoms with Gasteiger partial charge < -0.3 is 10.2 Å². The molecule has 1 saturated heterocycles. The fraction of sp³-hybridized carbons (Fsp3) is 0.438. The van der Waals surface area contributed by atoms with Gasteiger partial charge in [-0.3, -0.25) is 9.48 Å². The van der Waals surface area contributed by atoms with Gasteiger partial charge in [0.05, 0.1) is 0 Å². The zero-order valence-corrected chi connectivity index (χ0v) is 13.0. The van der Waals surface area contributed by atoms with E-state index < -0.39 is 0 Å². The number of nitrogens with one attached hydrogen (secondary N) is 1. The second kappa shape index (κ2) is 6.17. The van der Waals surface area contributed by atoms with Crippen LogP contribution < -0.4 is 10.2 Å². The van der Waals surface area contributed by atoms with Crippen molar-refractivity contribution in [2.75, 3.05) is 18.0 Å². The molecule has 2 aromatic heterocycles. The Labute approximate surface area is 130 Å². The molecule has 0 radical (unpaired) electrons. The Bertz CT molecular complexity index is 649. The van der Waals surface area contributed by atoms with Gasteiger partial charge in [0.15, 0.2) is 0 Å². The molecule has 1 N–H and O–H groups in total. The first kappa shape index (κ1) is 14.6. The summed E-state index contributed by atoms with van der Waals surface area (Å²) >= 11 is 0. The lowest BCUT2D eigenvalue weighted by Crippen LogP contribution is -2.48. The monoisotopic (exact) mass is 299 g/mol. The third-order valence-corrected chi connectivity index (χ3v) is 3.92. The minimum atomic E-state index is -0.107. The van der Waals surface area contributed by atoms with Gasteiger partial charge in [-0.25, -0.2) is 4.98 Å². The van der Waals surface area contributed by atoms with Crippen LogP contribution in [-0.2, 0) is 7.05 Å². The average Bonchev–Trinajstić information content (AvgIpc) is 2.95. The molecule has 0 saturated carbocycles. The van der Waals surface area contributed by atoms with Crippen molar-refractivity contribution in [1.82, 2.24) is 20.1 Å².